The van der Waals surface area contributed by atoms with Crippen molar-refractivity contribution in [2.45, 2.75) is 112 Å². The van der Waals surface area contributed by atoms with Gasteiger partial charge in [-0.25, -0.2) is 9.97 Å². The second kappa shape index (κ2) is 23.5. The number of nitriles is 1. The third-order valence-electron chi connectivity index (χ3n) is 20.9. The van der Waals surface area contributed by atoms with Crippen molar-refractivity contribution in [2.75, 3.05) is 4.90 Å². The van der Waals surface area contributed by atoms with E-state index >= 15 is 0 Å². The third kappa shape index (κ3) is 10.2. The van der Waals surface area contributed by atoms with Crippen LogP contribution in [0.2, 0.25) is 0 Å². The highest BCUT2D eigenvalue weighted by molar-refractivity contribution is 6.12. The molecule has 0 spiro atoms. The Bertz CT molecular complexity index is 6130. The zero-order valence-electron chi connectivity index (χ0n) is 59.6. The number of aryl methyl sites for hydroxylation is 1. The molecule has 0 saturated carbocycles. The Kier molecular flexibility index (Phi) is 14.6. The number of benzene rings is 12. The Morgan fingerprint density at radius 1 is 0.376 bits per heavy atom. The predicted octanol–water partition coefficient (Wildman–Crippen LogP) is 23.8. The minimum Gasteiger partial charge on any atom is -0.338 e. The van der Waals surface area contributed by atoms with Gasteiger partial charge in [0.15, 0.2) is 0 Å². The smallest absolute Gasteiger partial charge is 0.220 e. The zero-order chi connectivity index (χ0) is 69.5. The number of aromatic nitrogens is 7. The van der Waals surface area contributed by atoms with Crippen LogP contribution in [0, 0.1) is 11.3 Å². The first-order valence-electron chi connectivity index (χ1n) is 35.5. The molecule has 0 aliphatic rings. The molecule has 17 rings (SSSR count). The van der Waals surface area contributed by atoms with Gasteiger partial charge in [0.1, 0.15) is 6.07 Å². The number of rotatable bonds is 11. The van der Waals surface area contributed by atoms with E-state index < -0.39 is 0 Å². The molecule has 0 saturated heterocycles. The van der Waals surface area contributed by atoms with E-state index in [-0.39, 0.29) is 22.3 Å². The molecular formula is C92H81N9. The summed E-state index contributed by atoms with van der Waals surface area (Å²) in [7, 11) is 0. The first-order valence-corrected chi connectivity index (χ1v) is 35.5. The Hall–Kier alpha value is -11.7. The van der Waals surface area contributed by atoms with Gasteiger partial charge in [0, 0.05) is 45.0 Å². The number of para-hydroxylation sites is 2. The molecule has 494 valence electrons. The zero-order valence-corrected chi connectivity index (χ0v) is 59.6. The maximum atomic E-state index is 13.1. The summed E-state index contributed by atoms with van der Waals surface area (Å²) < 4.78 is 11.7. The van der Waals surface area contributed by atoms with Crippen molar-refractivity contribution in [2.24, 2.45) is 0 Å². The van der Waals surface area contributed by atoms with E-state index in [1.165, 1.54) is 22.3 Å². The van der Waals surface area contributed by atoms with Gasteiger partial charge in [-0.2, -0.15) is 5.26 Å². The monoisotopic (exact) mass is 1310 g/mol. The molecule has 12 aromatic carbocycles. The van der Waals surface area contributed by atoms with Crippen LogP contribution in [0.3, 0.4) is 0 Å². The summed E-state index contributed by atoms with van der Waals surface area (Å²) in [5, 5.41) is 15.4. The fourth-order valence-electron chi connectivity index (χ4n) is 15.7. The molecule has 0 atom stereocenters. The van der Waals surface area contributed by atoms with Gasteiger partial charge >= 0.3 is 0 Å². The molecule has 17 aromatic rings. The van der Waals surface area contributed by atoms with E-state index in [1.807, 2.05) is 0 Å². The topological polar surface area (TPSA) is 76.4 Å². The lowest BCUT2D eigenvalue weighted by molar-refractivity contribution is 0.589. The van der Waals surface area contributed by atoms with Gasteiger partial charge in [0.2, 0.25) is 11.6 Å². The van der Waals surface area contributed by atoms with Gasteiger partial charge in [-0.1, -0.05) is 215 Å². The Labute approximate surface area is 590 Å². The molecule has 5 aromatic heterocycles. The van der Waals surface area contributed by atoms with E-state index in [9.17, 15) is 5.26 Å². The molecule has 0 unspecified atom stereocenters. The third-order valence-corrected chi connectivity index (χ3v) is 20.9. The van der Waals surface area contributed by atoms with Gasteiger partial charge in [-0.05, 0) is 201 Å². The van der Waals surface area contributed by atoms with Gasteiger partial charge in [0.25, 0.3) is 0 Å². The van der Waals surface area contributed by atoms with Gasteiger partial charge < -0.3 is 9.47 Å². The summed E-state index contributed by atoms with van der Waals surface area (Å²) >= 11 is 0. The van der Waals surface area contributed by atoms with Gasteiger partial charge in [-0.3, -0.25) is 17.9 Å². The summed E-state index contributed by atoms with van der Waals surface area (Å²) in [5.74, 6) is 1.60. The Morgan fingerprint density at radius 2 is 0.782 bits per heavy atom. The number of imidazole rings is 4. The van der Waals surface area contributed by atoms with Crippen LogP contribution in [0.25, 0.3) is 139 Å². The van der Waals surface area contributed by atoms with Crippen molar-refractivity contribution in [1.29, 1.82) is 5.26 Å². The molecule has 101 heavy (non-hydrogen) atoms. The van der Waals surface area contributed by atoms with Crippen molar-refractivity contribution >= 4 is 88.9 Å². The number of fused-ring (bicyclic) bond motifs is 13. The first kappa shape index (κ1) is 62.8. The standard InChI is InChI=1S/C92H81N9/c1-13-58-48-65(90(4,5)6)38-45-75(58)96(57(2)3)84-55-85(99-76-46-39-66(91(7,8)9)53-70(76)71-54-67(92(10,11)12)40-47-77(71)99)87(64-35-42-74-81(52-64)101-83-50-62(60-28-20-15-21-29-60)37-44-79(83)98(89(101)95-74)69-32-24-17-25-33-69)72(56-93)86(84)63-34-41-73-80(51-63)100-82-49-61(59-26-18-14-19-27-59)36-43-78(82)97(88(100)94-73)68-30-22-16-23-31-68/h14-55,57H,13H2,1-12H3. The Balaban J connectivity index is 1.04. The second-order valence-corrected chi connectivity index (χ2v) is 30.7. The number of hydrogen-bond acceptors (Lipinski definition) is 4. The number of nitrogens with zero attached hydrogens (tertiary/aromatic N) is 9. The van der Waals surface area contributed by atoms with Crippen LogP contribution in [-0.2, 0) is 22.7 Å². The van der Waals surface area contributed by atoms with E-state index in [1.54, 1.807) is 0 Å². The molecule has 0 bridgehead atoms. The summed E-state index contributed by atoms with van der Waals surface area (Å²) in [6.07, 6.45) is 0.802. The van der Waals surface area contributed by atoms with E-state index in [4.69, 9.17) is 9.97 Å². The average molecular weight is 1310 g/mol. The van der Waals surface area contributed by atoms with E-state index in [0.29, 0.717) is 5.56 Å². The molecule has 0 aliphatic carbocycles. The molecule has 0 radical (unpaired) electrons. The molecule has 0 N–H and O–H groups in total. The largest absolute Gasteiger partial charge is 0.338 e. The molecule has 5 heterocycles. The quantitative estimate of drug-likeness (QED) is 0.129. The summed E-state index contributed by atoms with van der Waals surface area (Å²) in [6.45, 7) is 27.5. The second-order valence-electron chi connectivity index (χ2n) is 30.7. The van der Waals surface area contributed by atoms with Gasteiger partial charge in [-0.15, -0.1) is 0 Å². The molecule has 0 amide bonds. The summed E-state index contributed by atoms with van der Waals surface area (Å²) in [5.41, 5.74) is 27.9. The van der Waals surface area contributed by atoms with Crippen LogP contribution in [-0.4, -0.2) is 38.5 Å². The molecule has 0 fully saturated rings. The highest BCUT2D eigenvalue weighted by Crippen LogP contribution is 2.51. The normalized spacial score (nSPS) is 12.5. The fraction of sp³-hybridized carbons (Fsp3) is 0.185. The van der Waals surface area contributed by atoms with Crippen LogP contribution in [0.5, 0.6) is 0 Å². The van der Waals surface area contributed by atoms with Crippen molar-refractivity contribution in [3.05, 3.63) is 283 Å². The lowest BCUT2D eigenvalue weighted by Gasteiger charge is -2.35. The van der Waals surface area contributed by atoms with Crippen LogP contribution in [0.15, 0.2) is 255 Å². The van der Waals surface area contributed by atoms with E-state index in [2.05, 4.69) is 371 Å². The predicted molar refractivity (Wildman–Crippen MR) is 423 cm³/mol. The maximum absolute atomic E-state index is 13.1. The average Bonchev–Trinajstić information content (AvgIpc) is 1.62. The fourth-order valence-corrected chi connectivity index (χ4v) is 15.7. The molecule has 0 aliphatic heterocycles. The first-order chi connectivity index (χ1) is 48.7. The van der Waals surface area contributed by atoms with Crippen molar-refractivity contribution in [1.82, 2.24) is 32.5 Å². The van der Waals surface area contributed by atoms with Crippen molar-refractivity contribution < 1.29 is 0 Å². The Morgan fingerprint density at radius 3 is 1.22 bits per heavy atom. The van der Waals surface area contributed by atoms with Crippen LogP contribution < -0.4 is 4.90 Å². The van der Waals surface area contributed by atoms with Crippen molar-refractivity contribution in [3.8, 4) is 67.6 Å². The summed E-state index contributed by atoms with van der Waals surface area (Å²) in [6, 6.07) is 95.9. The highest BCUT2D eigenvalue weighted by Gasteiger charge is 2.33. The number of anilines is 2. The SMILES string of the molecule is CCc1cc(C(C)(C)C)ccc1N(c1cc(-n2c3ccc(C(C)(C)C)cc3c3cc(C(C)(C)C)ccc32)c(-c2ccc3nc4n(-c5ccccc5)c5ccc(-c6ccccc6)cc5n4c3c2)c(C#N)c1-c1ccc2nc3n(-c4ccccc4)c4ccc(-c5ccccc5)cc4n3c2c1)C(C)C. The molecule has 9 heteroatoms. The number of hydrogen-bond donors (Lipinski definition) is 0. The minimum absolute atomic E-state index is 0.0867. The summed E-state index contributed by atoms with van der Waals surface area (Å²) in [4.78, 5) is 13.6. The van der Waals surface area contributed by atoms with Gasteiger partial charge in [0.05, 0.1) is 72.1 Å². The lowest BCUT2D eigenvalue weighted by Crippen LogP contribution is -2.28. The van der Waals surface area contributed by atoms with Crippen LogP contribution in [0.1, 0.15) is 111 Å². The van der Waals surface area contributed by atoms with E-state index in [0.717, 1.165) is 157 Å². The molecular weight excluding hydrogens is 1230 g/mol. The highest BCUT2D eigenvalue weighted by atomic mass is 15.2. The van der Waals surface area contributed by atoms with Crippen LogP contribution >= 0.6 is 0 Å². The lowest BCUT2D eigenvalue weighted by atomic mass is 9.85. The molecule has 9 nitrogen and oxygen atoms in total. The van der Waals surface area contributed by atoms with Crippen molar-refractivity contribution in [3.63, 3.8) is 0 Å². The maximum Gasteiger partial charge on any atom is 0.220 e. The minimum atomic E-state index is -0.129. The van der Waals surface area contributed by atoms with Crippen LogP contribution in [0.4, 0.5) is 11.4 Å².